The van der Waals surface area contributed by atoms with Gasteiger partial charge in [0, 0.05) is 12.5 Å². The maximum absolute atomic E-state index is 12.5. The van der Waals surface area contributed by atoms with Gasteiger partial charge in [-0.05, 0) is 24.8 Å². The van der Waals surface area contributed by atoms with Crippen molar-refractivity contribution in [3.8, 4) is 0 Å². The third-order valence-corrected chi connectivity index (χ3v) is 3.47. The Morgan fingerprint density at radius 3 is 2.55 bits per heavy atom. The van der Waals surface area contributed by atoms with Gasteiger partial charge in [0.2, 0.25) is 5.91 Å². The van der Waals surface area contributed by atoms with Crippen molar-refractivity contribution in [2.45, 2.75) is 25.8 Å². The molecule has 1 amide bonds. The fourth-order valence-electron chi connectivity index (χ4n) is 2.45. The summed E-state index contributed by atoms with van der Waals surface area (Å²) in [7, 11) is 0. The first-order chi connectivity index (χ1) is 9.66. The van der Waals surface area contributed by atoms with Gasteiger partial charge in [-0.2, -0.15) is 0 Å². The molecule has 0 radical (unpaired) electrons. The molecule has 1 aromatic rings. The van der Waals surface area contributed by atoms with E-state index >= 15 is 0 Å². The SMILES string of the molecule is O=C(O)CN(Cc1ccccc1)C(=O)[C@@H]1CC=CCC1. The van der Waals surface area contributed by atoms with E-state index in [1.54, 1.807) is 0 Å². The molecule has 1 aliphatic carbocycles. The monoisotopic (exact) mass is 273 g/mol. The van der Waals surface area contributed by atoms with Crippen LogP contribution in [0.4, 0.5) is 0 Å². The number of rotatable bonds is 5. The number of carboxylic acid groups (broad SMARTS) is 1. The topological polar surface area (TPSA) is 57.6 Å². The molecule has 4 nitrogen and oxygen atoms in total. The average Bonchev–Trinajstić information content (AvgIpc) is 2.47. The van der Waals surface area contributed by atoms with E-state index in [9.17, 15) is 9.59 Å². The molecule has 0 fully saturated rings. The summed E-state index contributed by atoms with van der Waals surface area (Å²) >= 11 is 0. The number of carbonyl (C=O) groups excluding carboxylic acids is 1. The van der Waals surface area contributed by atoms with Crippen molar-refractivity contribution >= 4 is 11.9 Å². The van der Waals surface area contributed by atoms with E-state index in [1.807, 2.05) is 36.4 Å². The molecule has 0 spiro atoms. The standard InChI is InChI=1S/C16H19NO3/c18-15(19)12-17(11-13-7-3-1-4-8-13)16(20)14-9-5-2-6-10-14/h1-5,7-8,14H,6,9-12H2,(H,18,19)/t14-/m1/s1. The summed E-state index contributed by atoms with van der Waals surface area (Å²) in [5.74, 6) is -1.11. The number of carboxylic acids is 1. The van der Waals surface area contributed by atoms with Gasteiger partial charge >= 0.3 is 5.97 Å². The second-order valence-corrected chi connectivity index (χ2v) is 5.06. The average molecular weight is 273 g/mol. The van der Waals surface area contributed by atoms with Gasteiger partial charge in [0.25, 0.3) is 0 Å². The van der Waals surface area contributed by atoms with Crippen LogP contribution < -0.4 is 0 Å². The van der Waals surface area contributed by atoms with Gasteiger partial charge in [0.15, 0.2) is 0 Å². The molecule has 1 aromatic carbocycles. The van der Waals surface area contributed by atoms with E-state index in [0.717, 1.165) is 18.4 Å². The fourth-order valence-corrected chi connectivity index (χ4v) is 2.45. The van der Waals surface area contributed by atoms with Crippen LogP contribution in [0.1, 0.15) is 24.8 Å². The highest BCUT2D eigenvalue weighted by molar-refractivity contribution is 5.83. The minimum absolute atomic E-state index is 0.0550. The largest absolute Gasteiger partial charge is 0.480 e. The van der Waals surface area contributed by atoms with Crippen LogP contribution in [-0.4, -0.2) is 28.4 Å². The molecular weight excluding hydrogens is 254 g/mol. The number of benzene rings is 1. The van der Waals surface area contributed by atoms with Crippen LogP contribution in [0.15, 0.2) is 42.5 Å². The van der Waals surface area contributed by atoms with Crippen molar-refractivity contribution in [3.05, 3.63) is 48.0 Å². The minimum atomic E-state index is -0.972. The van der Waals surface area contributed by atoms with E-state index < -0.39 is 5.97 Å². The van der Waals surface area contributed by atoms with Crippen LogP contribution in [0.2, 0.25) is 0 Å². The molecule has 4 heteroatoms. The Hall–Kier alpha value is -2.10. The highest BCUT2D eigenvalue weighted by Crippen LogP contribution is 2.21. The van der Waals surface area contributed by atoms with Gasteiger partial charge in [0.1, 0.15) is 6.54 Å². The lowest BCUT2D eigenvalue weighted by Crippen LogP contribution is -2.39. The molecule has 0 saturated carbocycles. The Balaban J connectivity index is 2.08. The van der Waals surface area contributed by atoms with Gasteiger partial charge in [-0.3, -0.25) is 9.59 Å². The maximum Gasteiger partial charge on any atom is 0.323 e. The first-order valence-corrected chi connectivity index (χ1v) is 6.86. The Bertz CT molecular complexity index is 496. The fraction of sp³-hybridized carbons (Fsp3) is 0.375. The van der Waals surface area contributed by atoms with E-state index in [2.05, 4.69) is 6.08 Å². The number of aliphatic carboxylic acids is 1. The zero-order chi connectivity index (χ0) is 14.4. The van der Waals surface area contributed by atoms with Crippen molar-refractivity contribution in [2.75, 3.05) is 6.54 Å². The molecule has 1 atom stereocenters. The van der Waals surface area contributed by atoms with Crippen LogP contribution in [0.5, 0.6) is 0 Å². The Labute approximate surface area is 118 Å². The van der Waals surface area contributed by atoms with Crippen LogP contribution in [0.3, 0.4) is 0 Å². The first kappa shape index (κ1) is 14.3. The van der Waals surface area contributed by atoms with Crippen LogP contribution >= 0.6 is 0 Å². The highest BCUT2D eigenvalue weighted by atomic mass is 16.4. The van der Waals surface area contributed by atoms with Crippen LogP contribution in [-0.2, 0) is 16.1 Å². The Morgan fingerprint density at radius 2 is 1.95 bits per heavy atom. The van der Waals surface area contributed by atoms with Gasteiger partial charge in [0.05, 0.1) is 0 Å². The smallest absolute Gasteiger partial charge is 0.323 e. The third kappa shape index (κ3) is 3.95. The number of nitrogens with zero attached hydrogens (tertiary/aromatic N) is 1. The minimum Gasteiger partial charge on any atom is -0.480 e. The van der Waals surface area contributed by atoms with Gasteiger partial charge in [-0.1, -0.05) is 42.5 Å². The predicted octanol–water partition coefficient (Wildman–Crippen LogP) is 2.46. The molecule has 20 heavy (non-hydrogen) atoms. The molecule has 0 saturated heterocycles. The first-order valence-electron chi connectivity index (χ1n) is 6.86. The van der Waals surface area contributed by atoms with Crippen molar-refractivity contribution < 1.29 is 14.7 Å². The lowest BCUT2D eigenvalue weighted by molar-refractivity contribution is -0.147. The molecule has 1 aliphatic rings. The Morgan fingerprint density at radius 1 is 1.20 bits per heavy atom. The number of carbonyl (C=O) groups is 2. The van der Waals surface area contributed by atoms with Gasteiger partial charge in [-0.15, -0.1) is 0 Å². The molecule has 2 rings (SSSR count). The summed E-state index contributed by atoms with van der Waals surface area (Å²) in [6.45, 7) is 0.111. The summed E-state index contributed by atoms with van der Waals surface area (Å²) in [6.07, 6.45) is 6.49. The van der Waals surface area contributed by atoms with Gasteiger partial charge < -0.3 is 10.0 Å². The van der Waals surface area contributed by atoms with Gasteiger partial charge in [-0.25, -0.2) is 0 Å². The highest BCUT2D eigenvalue weighted by Gasteiger charge is 2.25. The molecule has 106 valence electrons. The molecule has 1 N–H and O–H groups in total. The third-order valence-electron chi connectivity index (χ3n) is 3.47. The number of hydrogen-bond acceptors (Lipinski definition) is 2. The molecular formula is C16H19NO3. The van der Waals surface area contributed by atoms with Crippen molar-refractivity contribution in [3.63, 3.8) is 0 Å². The van der Waals surface area contributed by atoms with Crippen molar-refractivity contribution in [1.29, 1.82) is 0 Å². The zero-order valence-electron chi connectivity index (χ0n) is 11.4. The van der Waals surface area contributed by atoms with Crippen molar-refractivity contribution in [1.82, 2.24) is 4.90 Å². The Kier molecular flexibility index (Phi) is 4.93. The van der Waals surface area contributed by atoms with Crippen LogP contribution in [0.25, 0.3) is 0 Å². The number of hydrogen-bond donors (Lipinski definition) is 1. The van der Waals surface area contributed by atoms with Crippen molar-refractivity contribution in [2.24, 2.45) is 5.92 Å². The second-order valence-electron chi connectivity index (χ2n) is 5.06. The summed E-state index contributed by atoms with van der Waals surface area (Å²) in [5.41, 5.74) is 0.952. The van der Waals surface area contributed by atoms with E-state index in [0.29, 0.717) is 13.0 Å². The predicted molar refractivity (Wildman–Crippen MR) is 76.0 cm³/mol. The van der Waals surface area contributed by atoms with E-state index in [-0.39, 0.29) is 18.4 Å². The molecule has 0 bridgehead atoms. The normalized spacial score (nSPS) is 17.7. The van der Waals surface area contributed by atoms with E-state index in [1.165, 1.54) is 4.90 Å². The zero-order valence-corrected chi connectivity index (χ0v) is 11.4. The molecule has 0 heterocycles. The molecule has 0 aromatic heterocycles. The number of amides is 1. The second kappa shape index (κ2) is 6.89. The summed E-state index contributed by atoms with van der Waals surface area (Å²) < 4.78 is 0. The summed E-state index contributed by atoms with van der Waals surface area (Å²) in [5, 5.41) is 9.00. The molecule has 0 unspecified atom stereocenters. The van der Waals surface area contributed by atoms with E-state index in [4.69, 9.17) is 5.11 Å². The lowest BCUT2D eigenvalue weighted by atomic mass is 9.93. The van der Waals surface area contributed by atoms with Crippen LogP contribution in [0, 0.1) is 5.92 Å². The molecule has 0 aliphatic heterocycles. The quantitative estimate of drug-likeness (QED) is 0.838. The summed E-state index contributed by atoms with van der Waals surface area (Å²) in [6, 6.07) is 9.49. The lowest BCUT2D eigenvalue weighted by Gasteiger charge is -2.26. The maximum atomic E-state index is 12.5. The summed E-state index contributed by atoms with van der Waals surface area (Å²) in [4.78, 5) is 24.9. The number of allylic oxidation sites excluding steroid dienone is 2.